The van der Waals surface area contributed by atoms with Gasteiger partial charge < -0.3 is 20.7 Å². The number of carbonyl (C=O) groups is 1. The summed E-state index contributed by atoms with van der Waals surface area (Å²) in [5.74, 6) is -0.533. The molecule has 1 atom stereocenters. The smallest absolute Gasteiger partial charge is 0.304 e. The van der Waals surface area contributed by atoms with Gasteiger partial charge in [-0.3, -0.25) is 4.79 Å². The van der Waals surface area contributed by atoms with Crippen molar-refractivity contribution in [2.24, 2.45) is 0 Å². The highest BCUT2D eigenvalue weighted by atomic mass is 32.2. The second-order valence-electron chi connectivity index (χ2n) is 8.82. The van der Waals surface area contributed by atoms with Crippen molar-refractivity contribution in [3.05, 3.63) is 30.5 Å². The van der Waals surface area contributed by atoms with E-state index in [0.29, 0.717) is 0 Å². The molecule has 3 rings (SSSR count). The first-order valence-corrected chi connectivity index (χ1v) is 13.1. The van der Waals surface area contributed by atoms with Crippen LogP contribution >= 0.6 is 0 Å². The molecule has 36 heavy (non-hydrogen) atoms. The van der Waals surface area contributed by atoms with Gasteiger partial charge in [-0.2, -0.15) is 9.37 Å². The molecular weight excluding hydrogens is 499 g/mol. The monoisotopic (exact) mass is 529 g/mol. The summed E-state index contributed by atoms with van der Waals surface area (Å²) in [6.07, 6.45) is -2.32. The van der Waals surface area contributed by atoms with Crippen molar-refractivity contribution >= 4 is 33.2 Å². The van der Waals surface area contributed by atoms with E-state index >= 15 is 0 Å². The van der Waals surface area contributed by atoms with Crippen LogP contribution in [-0.2, 0) is 14.6 Å². The van der Waals surface area contributed by atoms with Gasteiger partial charge in [-0.25, -0.2) is 22.2 Å². The van der Waals surface area contributed by atoms with Gasteiger partial charge in [-0.05, 0) is 51.7 Å². The van der Waals surface area contributed by atoms with Crippen molar-refractivity contribution < 1.29 is 31.1 Å². The Kier molecular flexibility index (Phi) is 8.98. The Hall–Kier alpha value is -3.09. The number of ether oxygens (including phenoxy) is 1. The molecular formula is C23H30F3N5O4S. The third kappa shape index (κ3) is 6.99. The minimum absolute atomic E-state index is 0.0155. The number of sulfone groups is 1. The van der Waals surface area contributed by atoms with Gasteiger partial charge in [0.05, 0.1) is 22.0 Å². The van der Waals surface area contributed by atoms with Crippen LogP contribution in [0.2, 0.25) is 0 Å². The lowest BCUT2D eigenvalue weighted by Gasteiger charge is -2.29. The Morgan fingerprint density at radius 2 is 1.72 bits per heavy atom. The molecule has 0 saturated heterocycles. The number of carbonyl (C=O) groups excluding carboxylic acids is 1. The highest BCUT2D eigenvalue weighted by Gasteiger charge is 2.27. The zero-order valence-electron chi connectivity index (χ0n) is 20.2. The Balaban J connectivity index is 1.87. The van der Waals surface area contributed by atoms with Crippen molar-refractivity contribution in [1.82, 2.24) is 15.3 Å². The Morgan fingerprint density at radius 3 is 2.33 bits per heavy atom. The predicted molar refractivity (Wildman–Crippen MR) is 129 cm³/mol. The molecule has 3 N–H and O–H groups in total. The van der Waals surface area contributed by atoms with Crippen LogP contribution < -0.4 is 20.7 Å². The number of hydrogen-bond donors (Lipinski definition) is 3. The van der Waals surface area contributed by atoms with Crippen LogP contribution in [0.15, 0.2) is 35.4 Å². The van der Waals surface area contributed by atoms with Crippen LogP contribution in [0, 0.1) is 0 Å². The van der Waals surface area contributed by atoms with Gasteiger partial charge in [-0.1, -0.05) is 12.1 Å². The Morgan fingerprint density at radius 1 is 1.08 bits per heavy atom. The van der Waals surface area contributed by atoms with Crippen molar-refractivity contribution in [2.75, 3.05) is 10.6 Å². The molecule has 2 aromatic rings. The minimum Gasteiger partial charge on any atom is -0.449 e. The first kappa shape index (κ1) is 27.5. The summed E-state index contributed by atoms with van der Waals surface area (Å²) in [5.41, 5.74) is 0.129. The SMILES string of the molecule is CC(=O)NC1CCC(Nc2ncc(OC(F)C(F)F)c(Nc3ccccc3S(=O)(=O)C(C)C)n2)CC1. The van der Waals surface area contributed by atoms with Gasteiger partial charge in [0.1, 0.15) is 0 Å². The van der Waals surface area contributed by atoms with Gasteiger partial charge in [0.2, 0.25) is 11.9 Å². The molecule has 0 spiro atoms. The van der Waals surface area contributed by atoms with Crippen molar-refractivity contribution in [2.45, 2.75) is 81.5 Å². The first-order valence-electron chi connectivity index (χ1n) is 11.6. The lowest BCUT2D eigenvalue weighted by Crippen LogP contribution is -2.39. The summed E-state index contributed by atoms with van der Waals surface area (Å²) >= 11 is 0. The van der Waals surface area contributed by atoms with Crippen molar-refractivity contribution in [3.63, 3.8) is 0 Å². The first-order chi connectivity index (χ1) is 17.0. The predicted octanol–water partition coefficient (Wildman–Crippen LogP) is 4.20. The molecule has 0 aliphatic heterocycles. The fourth-order valence-electron chi connectivity index (χ4n) is 3.84. The number of alkyl halides is 3. The van der Waals surface area contributed by atoms with E-state index < -0.39 is 33.6 Å². The Labute approximate surface area is 208 Å². The molecule has 9 nitrogen and oxygen atoms in total. The molecule has 1 fully saturated rings. The number of halogens is 3. The summed E-state index contributed by atoms with van der Waals surface area (Å²) in [4.78, 5) is 19.6. The zero-order chi connectivity index (χ0) is 26.5. The van der Waals surface area contributed by atoms with E-state index in [-0.39, 0.29) is 40.3 Å². The van der Waals surface area contributed by atoms with E-state index in [9.17, 15) is 26.4 Å². The summed E-state index contributed by atoms with van der Waals surface area (Å²) in [7, 11) is -3.71. The lowest BCUT2D eigenvalue weighted by molar-refractivity contribution is -0.119. The second kappa shape index (κ2) is 11.8. The maximum absolute atomic E-state index is 13.7. The lowest BCUT2D eigenvalue weighted by atomic mass is 9.91. The molecule has 0 bridgehead atoms. The third-order valence-corrected chi connectivity index (χ3v) is 7.94. The number of aromatic nitrogens is 2. The number of hydrogen-bond acceptors (Lipinski definition) is 8. The van der Waals surface area contributed by atoms with E-state index in [4.69, 9.17) is 4.74 Å². The molecule has 1 aromatic carbocycles. The van der Waals surface area contributed by atoms with Crippen molar-refractivity contribution in [1.29, 1.82) is 0 Å². The Bertz CT molecular complexity index is 1160. The molecule has 13 heteroatoms. The van der Waals surface area contributed by atoms with Gasteiger partial charge >= 0.3 is 6.43 Å². The van der Waals surface area contributed by atoms with E-state index in [1.165, 1.54) is 32.9 Å². The standard InChI is InChI=1S/C23H30F3N5O4S/c1-13(2)36(33,34)19-7-5-4-6-17(19)30-22-18(35-21(26)20(24)25)12-27-23(31-22)29-16-10-8-15(9-11-16)28-14(3)32/h4-7,12-13,15-16,20-21H,8-11H2,1-3H3,(H,28,32)(H2,27,29,30,31). The molecule has 1 saturated carbocycles. The maximum Gasteiger partial charge on any atom is 0.304 e. The van der Waals surface area contributed by atoms with Crippen LogP contribution in [0.4, 0.5) is 30.6 Å². The fraction of sp³-hybridized carbons (Fsp3) is 0.522. The normalized spacial score (nSPS) is 19.1. The van der Waals surface area contributed by atoms with E-state index in [0.717, 1.165) is 31.9 Å². The molecule has 1 unspecified atom stereocenters. The van der Waals surface area contributed by atoms with E-state index in [2.05, 4.69) is 25.9 Å². The molecule has 1 heterocycles. The number of amides is 1. The quantitative estimate of drug-likeness (QED) is 0.419. The number of nitrogens with zero attached hydrogens (tertiary/aromatic N) is 2. The summed E-state index contributed by atoms with van der Waals surface area (Å²) in [6.45, 7) is 4.53. The molecule has 1 aromatic heterocycles. The van der Waals surface area contributed by atoms with Crippen LogP contribution in [0.25, 0.3) is 0 Å². The number of rotatable bonds is 10. The largest absolute Gasteiger partial charge is 0.449 e. The topological polar surface area (TPSA) is 122 Å². The molecule has 0 radical (unpaired) electrons. The molecule has 1 aliphatic carbocycles. The number of anilines is 3. The second-order valence-corrected chi connectivity index (χ2v) is 11.3. The number of benzene rings is 1. The summed E-state index contributed by atoms with van der Waals surface area (Å²) < 4.78 is 69.7. The highest BCUT2D eigenvalue weighted by molar-refractivity contribution is 7.92. The van der Waals surface area contributed by atoms with E-state index in [1.807, 2.05) is 0 Å². The maximum atomic E-state index is 13.7. The summed E-state index contributed by atoms with van der Waals surface area (Å²) in [6, 6.07) is 6.10. The van der Waals surface area contributed by atoms with Crippen LogP contribution in [-0.4, -0.2) is 54.4 Å². The molecule has 1 aliphatic rings. The van der Waals surface area contributed by atoms with Crippen LogP contribution in [0.5, 0.6) is 5.75 Å². The van der Waals surface area contributed by atoms with E-state index in [1.54, 1.807) is 12.1 Å². The molecule has 1 amide bonds. The minimum atomic E-state index is -3.71. The highest BCUT2D eigenvalue weighted by Crippen LogP contribution is 2.33. The summed E-state index contributed by atoms with van der Waals surface area (Å²) in [5, 5.41) is 8.13. The van der Waals surface area contributed by atoms with Gasteiger partial charge in [0.15, 0.2) is 21.4 Å². The van der Waals surface area contributed by atoms with Gasteiger partial charge in [-0.15, -0.1) is 0 Å². The molecule has 198 valence electrons. The fourth-order valence-corrected chi connectivity index (χ4v) is 5.04. The van der Waals surface area contributed by atoms with Gasteiger partial charge in [0, 0.05) is 19.0 Å². The average Bonchev–Trinajstić information content (AvgIpc) is 2.81. The van der Waals surface area contributed by atoms with Crippen LogP contribution in [0.1, 0.15) is 46.5 Å². The number of para-hydroxylation sites is 1. The average molecular weight is 530 g/mol. The third-order valence-electron chi connectivity index (χ3n) is 5.73. The van der Waals surface area contributed by atoms with Crippen molar-refractivity contribution in [3.8, 4) is 5.75 Å². The number of nitrogens with one attached hydrogen (secondary N) is 3. The van der Waals surface area contributed by atoms with Gasteiger partial charge in [0.25, 0.3) is 6.36 Å². The van der Waals surface area contributed by atoms with Crippen LogP contribution in [0.3, 0.4) is 0 Å². The zero-order valence-corrected chi connectivity index (χ0v) is 21.0.